The van der Waals surface area contributed by atoms with Gasteiger partial charge in [-0.3, -0.25) is 4.68 Å². The van der Waals surface area contributed by atoms with Crippen LogP contribution in [0.15, 0.2) is 17.2 Å². The summed E-state index contributed by atoms with van der Waals surface area (Å²) in [6, 6.07) is 3.05. The standard InChI is InChI=1S/C23H33N5O3S.2H2/c1-14(2)28-20(15(3)27(4)5)13-21(25-28)32(30,31)26-23(29)24-22-18-10-6-8-16(18)12-17-9-7-11-19(17)22;;/h12-15H,6-11H2,1-5H3,(H2,24,26,29);2*1H. The van der Waals surface area contributed by atoms with E-state index >= 15 is 0 Å². The van der Waals surface area contributed by atoms with E-state index < -0.39 is 16.1 Å². The Bertz CT molecular complexity index is 1130. The van der Waals surface area contributed by atoms with Crippen molar-refractivity contribution in [3.63, 3.8) is 0 Å². The van der Waals surface area contributed by atoms with Gasteiger partial charge in [0.25, 0.3) is 10.0 Å². The Morgan fingerprint density at radius 1 is 1.06 bits per heavy atom. The van der Waals surface area contributed by atoms with Crippen molar-refractivity contribution in [3.8, 4) is 0 Å². The minimum Gasteiger partial charge on any atom is -0.307 e. The van der Waals surface area contributed by atoms with Gasteiger partial charge in [-0.2, -0.15) is 13.5 Å². The fraction of sp³-hybridized carbons (Fsp3) is 0.565. The summed E-state index contributed by atoms with van der Waals surface area (Å²) in [6.07, 6.45) is 5.97. The lowest BCUT2D eigenvalue weighted by molar-refractivity contribution is 0.256. The number of aryl methyl sites for hydroxylation is 2. The molecular formula is C23H37N5O3S. The van der Waals surface area contributed by atoms with Crippen molar-refractivity contribution in [1.82, 2.24) is 19.4 Å². The van der Waals surface area contributed by atoms with Crippen molar-refractivity contribution >= 4 is 21.7 Å². The van der Waals surface area contributed by atoms with Crippen LogP contribution in [0.4, 0.5) is 10.5 Å². The van der Waals surface area contributed by atoms with E-state index in [1.807, 2.05) is 39.8 Å². The Morgan fingerprint density at radius 3 is 2.19 bits per heavy atom. The number of amides is 2. The van der Waals surface area contributed by atoms with Crippen molar-refractivity contribution in [1.29, 1.82) is 0 Å². The van der Waals surface area contributed by atoms with Gasteiger partial charge in [0.05, 0.1) is 5.69 Å². The molecule has 4 rings (SSSR count). The highest BCUT2D eigenvalue weighted by molar-refractivity contribution is 7.90. The first-order valence-electron chi connectivity index (χ1n) is 11.3. The Balaban J connectivity index is 0.00000204. The van der Waals surface area contributed by atoms with E-state index in [1.54, 1.807) is 10.7 Å². The Hall–Kier alpha value is -2.39. The quantitative estimate of drug-likeness (QED) is 0.673. The Labute approximate surface area is 193 Å². The third-order valence-corrected chi connectivity index (χ3v) is 7.85. The molecule has 1 aromatic heterocycles. The van der Waals surface area contributed by atoms with Crippen LogP contribution in [0.5, 0.6) is 0 Å². The number of hydrogen-bond acceptors (Lipinski definition) is 5. The largest absolute Gasteiger partial charge is 0.333 e. The van der Waals surface area contributed by atoms with Gasteiger partial charge >= 0.3 is 6.03 Å². The summed E-state index contributed by atoms with van der Waals surface area (Å²) in [6.45, 7) is 5.89. The van der Waals surface area contributed by atoms with Crippen molar-refractivity contribution in [2.24, 2.45) is 0 Å². The number of carbonyl (C=O) groups is 1. The second kappa shape index (κ2) is 8.51. The van der Waals surface area contributed by atoms with Crippen molar-refractivity contribution in [2.75, 3.05) is 19.4 Å². The fourth-order valence-corrected chi connectivity index (χ4v) is 5.66. The molecule has 1 atom stereocenters. The molecule has 2 amide bonds. The average molecular weight is 464 g/mol. The summed E-state index contributed by atoms with van der Waals surface area (Å²) in [5.74, 6) is 0. The van der Waals surface area contributed by atoms with Crippen LogP contribution in [-0.4, -0.2) is 43.2 Å². The summed E-state index contributed by atoms with van der Waals surface area (Å²) in [5, 5.41) is 7.06. The highest BCUT2D eigenvalue weighted by Gasteiger charge is 2.29. The molecule has 9 heteroatoms. The smallest absolute Gasteiger partial charge is 0.307 e. The van der Waals surface area contributed by atoms with E-state index in [1.165, 1.54) is 11.1 Å². The molecule has 0 radical (unpaired) electrons. The van der Waals surface area contributed by atoms with Gasteiger partial charge in [-0.25, -0.2) is 9.52 Å². The Morgan fingerprint density at radius 2 is 1.66 bits per heavy atom. The van der Waals surface area contributed by atoms with E-state index in [4.69, 9.17) is 0 Å². The number of fused-ring (bicyclic) bond motifs is 2. The summed E-state index contributed by atoms with van der Waals surface area (Å²) < 4.78 is 29.9. The van der Waals surface area contributed by atoms with E-state index in [0.717, 1.165) is 61.0 Å². The van der Waals surface area contributed by atoms with Crippen LogP contribution in [-0.2, 0) is 35.7 Å². The molecule has 1 aromatic carbocycles. The number of sulfonamides is 1. The molecule has 0 saturated heterocycles. The molecular weight excluding hydrogens is 426 g/mol. The molecule has 178 valence electrons. The van der Waals surface area contributed by atoms with Crippen LogP contribution in [0, 0.1) is 0 Å². The summed E-state index contributed by atoms with van der Waals surface area (Å²) in [7, 11) is -0.256. The molecule has 32 heavy (non-hydrogen) atoms. The number of nitrogens with zero attached hydrogens (tertiary/aromatic N) is 3. The molecule has 0 fully saturated rings. The first-order valence-corrected chi connectivity index (χ1v) is 12.8. The minimum absolute atomic E-state index is 0. The highest BCUT2D eigenvalue weighted by Crippen LogP contribution is 2.38. The number of aromatic nitrogens is 2. The van der Waals surface area contributed by atoms with Gasteiger partial charge in [-0.1, -0.05) is 6.07 Å². The number of benzene rings is 1. The summed E-state index contributed by atoms with van der Waals surface area (Å²) in [4.78, 5) is 14.8. The molecule has 0 saturated carbocycles. The third kappa shape index (κ3) is 4.15. The lowest BCUT2D eigenvalue weighted by atomic mass is 9.99. The average Bonchev–Trinajstić information content (AvgIpc) is 3.45. The SMILES string of the molecule is CC(c1cc(S(=O)(=O)NC(=O)Nc2c3c(cc4c2CCC4)CCC3)nn1C(C)C)N(C)C.[HH].[HH]. The van der Waals surface area contributed by atoms with Gasteiger partial charge in [0.1, 0.15) is 0 Å². The number of rotatable bonds is 6. The van der Waals surface area contributed by atoms with Crippen LogP contribution >= 0.6 is 0 Å². The zero-order valence-electron chi connectivity index (χ0n) is 19.5. The van der Waals surface area contributed by atoms with Crippen LogP contribution in [0.3, 0.4) is 0 Å². The van der Waals surface area contributed by atoms with Crippen molar-refractivity contribution in [2.45, 2.75) is 76.4 Å². The number of carbonyl (C=O) groups excluding carboxylic acids is 1. The first-order chi connectivity index (χ1) is 15.1. The second-order valence-electron chi connectivity index (χ2n) is 9.38. The van der Waals surface area contributed by atoms with Crippen molar-refractivity contribution in [3.05, 3.63) is 40.1 Å². The predicted octanol–water partition coefficient (Wildman–Crippen LogP) is 4.07. The highest BCUT2D eigenvalue weighted by atomic mass is 32.2. The molecule has 8 nitrogen and oxygen atoms in total. The molecule has 2 N–H and O–H groups in total. The predicted molar refractivity (Wildman–Crippen MR) is 129 cm³/mol. The second-order valence-corrected chi connectivity index (χ2v) is 11.0. The fourth-order valence-electron chi connectivity index (χ4n) is 4.79. The maximum Gasteiger partial charge on any atom is 0.333 e. The van der Waals surface area contributed by atoms with Gasteiger partial charge < -0.3 is 10.2 Å². The lowest BCUT2D eigenvalue weighted by Gasteiger charge is -2.22. The van der Waals surface area contributed by atoms with Crippen LogP contribution < -0.4 is 10.0 Å². The third-order valence-electron chi connectivity index (χ3n) is 6.65. The zero-order valence-corrected chi connectivity index (χ0v) is 20.3. The van der Waals surface area contributed by atoms with Crippen LogP contribution in [0.25, 0.3) is 0 Å². The van der Waals surface area contributed by atoms with Gasteiger partial charge in [0.2, 0.25) is 0 Å². The van der Waals surface area contributed by atoms with E-state index in [9.17, 15) is 13.2 Å². The topological polar surface area (TPSA) is 96.3 Å². The number of hydrogen-bond donors (Lipinski definition) is 2. The Kier molecular flexibility index (Phi) is 6.06. The zero-order chi connectivity index (χ0) is 23.2. The van der Waals surface area contributed by atoms with Crippen LogP contribution in [0.1, 0.15) is 76.5 Å². The summed E-state index contributed by atoms with van der Waals surface area (Å²) in [5.41, 5.74) is 6.47. The minimum atomic E-state index is -4.11. The van der Waals surface area contributed by atoms with E-state index in [2.05, 4.69) is 21.2 Å². The van der Waals surface area contributed by atoms with Gasteiger partial charge in [0.15, 0.2) is 5.03 Å². The maximum absolute atomic E-state index is 13.0. The van der Waals surface area contributed by atoms with Crippen molar-refractivity contribution < 1.29 is 16.1 Å². The molecule has 0 aliphatic heterocycles. The molecule has 1 heterocycles. The number of nitrogens with one attached hydrogen (secondary N) is 2. The van der Waals surface area contributed by atoms with Gasteiger partial charge in [0, 0.05) is 26.7 Å². The maximum atomic E-state index is 13.0. The van der Waals surface area contributed by atoms with Crippen LogP contribution in [0.2, 0.25) is 0 Å². The number of urea groups is 1. The number of anilines is 1. The molecule has 2 aliphatic rings. The van der Waals surface area contributed by atoms with Gasteiger partial charge in [-0.15, -0.1) is 0 Å². The normalized spacial score (nSPS) is 16.3. The lowest BCUT2D eigenvalue weighted by Crippen LogP contribution is -2.35. The van der Waals surface area contributed by atoms with E-state index in [-0.39, 0.29) is 20.0 Å². The molecule has 0 spiro atoms. The molecule has 1 unspecified atom stereocenters. The first kappa shape index (κ1) is 22.8. The molecule has 0 bridgehead atoms. The molecule has 2 aliphatic carbocycles. The molecule has 2 aromatic rings. The van der Waals surface area contributed by atoms with E-state index in [0.29, 0.717) is 0 Å². The van der Waals surface area contributed by atoms with Gasteiger partial charge in [-0.05, 0) is 95.6 Å². The summed E-state index contributed by atoms with van der Waals surface area (Å²) >= 11 is 0. The monoisotopic (exact) mass is 463 g/mol.